The molecule has 3 rings (SSSR count). The number of amidine groups is 1. The van der Waals surface area contributed by atoms with Crippen LogP contribution in [0.1, 0.15) is 23.0 Å². The maximum absolute atomic E-state index is 13.0. The molecule has 5 nitrogen and oxygen atoms in total. The fraction of sp³-hybridized carbons (Fsp3) is 0.278. The molecule has 1 fully saturated rings. The van der Waals surface area contributed by atoms with E-state index < -0.39 is 5.82 Å². The summed E-state index contributed by atoms with van der Waals surface area (Å²) in [4.78, 5) is 20.3. The first-order valence-electron chi connectivity index (χ1n) is 8.09. The van der Waals surface area contributed by atoms with Crippen LogP contribution in [0.4, 0.5) is 4.39 Å². The minimum atomic E-state index is -0.441. The molecule has 136 valence electrons. The summed E-state index contributed by atoms with van der Waals surface area (Å²) in [5.41, 5.74) is 0.769. The molecular formula is C18H17Cl2FN4O. The Balaban J connectivity index is 1.72. The van der Waals surface area contributed by atoms with Crippen LogP contribution in [0.15, 0.2) is 36.5 Å². The molecule has 1 amide bonds. The summed E-state index contributed by atoms with van der Waals surface area (Å²) in [6.45, 7) is 3.30. The zero-order valence-corrected chi connectivity index (χ0v) is 15.6. The third kappa shape index (κ3) is 3.66. The number of aromatic nitrogens is 1. The Labute approximate surface area is 160 Å². The van der Waals surface area contributed by atoms with Crippen LogP contribution in [0.3, 0.4) is 0 Å². The van der Waals surface area contributed by atoms with Crippen LogP contribution in [-0.4, -0.2) is 52.2 Å². The number of rotatable bonds is 2. The van der Waals surface area contributed by atoms with E-state index in [4.69, 9.17) is 28.6 Å². The van der Waals surface area contributed by atoms with Gasteiger partial charge in [0.1, 0.15) is 17.3 Å². The number of nitrogens with one attached hydrogen (secondary N) is 1. The zero-order valence-electron chi connectivity index (χ0n) is 14.0. The van der Waals surface area contributed by atoms with Gasteiger partial charge in [0.2, 0.25) is 0 Å². The average Bonchev–Trinajstić information content (AvgIpc) is 2.63. The van der Waals surface area contributed by atoms with Gasteiger partial charge in [0, 0.05) is 25.7 Å². The van der Waals surface area contributed by atoms with E-state index in [2.05, 4.69) is 4.98 Å². The van der Waals surface area contributed by atoms with Crippen LogP contribution in [0.25, 0.3) is 0 Å². The number of pyridine rings is 1. The van der Waals surface area contributed by atoms with E-state index in [0.717, 1.165) is 6.20 Å². The topological polar surface area (TPSA) is 60.3 Å². The second-order valence-corrected chi connectivity index (χ2v) is 6.89. The molecule has 0 bridgehead atoms. The van der Waals surface area contributed by atoms with Crippen LogP contribution < -0.4 is 0 Å². The smallest absolute Gasteiger partial charge is 0.255 e. The first kappa shape index (κ1) is 18.6. The van der Waals surface area contributed by atoms with Gasteiger partial charge in [-0.1, -0.05) is 29.3 Å². The van der Waals surface area contributed by atoms with Gasteiger partial charge in [0.25, 0.3) is 5.91 Å². The summed E-state index contributed by atoms with van der Waals surface area (Å²) < 4.78 is 13.0. The normalized spacial score (nSPS) is 17.3. The predicted molar refractivity (Wildman–Crippen MR) is 99.6 cm³/mol. The van der Waals surface area contributed by atoms with Gasteiger partial charge in [-0.3, -0.25) is 10.2 Å². The minimum absolute atomic E-state index is 0.132. The van der Waals surface area contributed by atoms with Crippen molar-refractivity contribution in [2.75, 3.05) is 19.6 Å². The van der Waals surface area contributed by atoms with Crippen LogP contribution >= 0.6 is 23.2 Å². The Morgan fingerprint density at radius 1 is 1.27 bits per heavy atom. The number of carbonyl (C=O) groups is 1. The highest BCUT2D eigenvalue weighted by atomic mass is 35.5. The van der Waals surface area contributed by atoms with Crippen molar-refractivity contribution in [1.29, 1.82) is 5.41 Å². The Morgan fingerprint density at radius 2 is 2.04 bits per heavy atom. The second kappa shape index (κ2) is 7.60. The number of benzene rings is 1. The van der Waals surface area contributed by atoms with Crippen molar-refractivity contribution >= 4 is 34.9 Å². The predicted octanol–water partition coefficient (Wildman–Crippen LogP) is 3.70. The molecule has 2 heterocycles. The minimum Gasteiger partial charge on any atom is -0.351 e. The fourth-order valence-corrected chi connectivity index (χ4v) is 3.35. The largest absolute Gasteiger partial charge is 0.351 e. The van der Waals surface area contributed by atoms with Crippen molar-refractivity contribution in [2.24, 2.45) is 0 Å². The van der Waals surface area contributed by atoms with Crippen LogP contribution in [0.5, 0.6) is 0 Å². The number of hydrogen-bond acceptors (Lipinski definition) is 3. The van der Waals surface area contributed by atoms with E-state index in [9.17, 15) is 9.18 Å². The van der Waals surface area contributed by atoms with Gasteiger partial charge < -0.3 is 9.80 Å². The fourth-order valence-electron chi connectivity index (χ4n) is 2.96. The lowest BCUT2D eigenvalue weighted by Crippen LogP contribution is -2.55. The summed E-state index contributed by atoms with van der Waals surface area (Å²) in [5, 5.41) is 8.87. The Kier molecular flexibility index (Phi) is 5.44. The number of amides is 1. The number of piperazine rings is 1. The van der Waals surface area contributed by atoms with E-state index in [1.54, 1.807) is 23.1 Å². The Bertz CT molecular complexity index is 844. The van der Waals surface area contributed by atoms with E-state index in [1.807, 2.05) is 11.8 Å². The molecular weight excluding hydrogens is 378 g/mol. The Hall–Kier alpha value is -2.18. The maximum Gasteiger partial charge on any atom is 0.255 e. The molecule has 26 heavy (non-hydrogen) atoms. The van der Waals surface area contributed by atoms with Crippen molar-refractivity contribution in [3.05, 3.63) is 63.6 Å². The van der Waals surface area contributed by atoms with E-state index in [0.29, 0.717) is 35.9 Å². The first-order valence-corrected chi connectivity index (χ1v) is 8.84. The van der Waals surface area contributed by atoms with Gasteiger partial charge in [0.05, 0.1) is 21.8 Å². The lowest BCUT2D eigenvalue weighted by atomic mass is 10.1. The lowest BCUT2D eigenvalue weighted by molar-refractivity contribution is 0.0580. The average molecular weight is 395 g/mol. The zero-order chi connectivity index (χ0) is 18.8. The molecule has 1 aromatic heterocycles. The van der Waals surface area contributed by atoms with Gasteiger partial charge in [-0.2, -0.15) is 0 Å². The molecule has 1 saturated heterocycles. The summed E-state index contributed by atoms with van der Waals surface area (Å²) in [7, 11) is 0. The summed E-state index contributed by atoms with van der Waals surface area (Å²) in [5.74, 6) is -0.412. The van der Waals surface area contributed by atoms with Crippen LogP contribution in [-0.2, 0) is 0 Å². The molecule has 1 aliphatic rings. The van der Waals surface area contributed by atoms with Gasteiger partial charge >= 0.3 is 0 Å². The molecule has 0 radical (unpaired) electrons. The lowest BCUT2D eigenvalue weighted by Gasteiger charge is -2.41. The van der Waals surface area contributed by atoms with E-state index in [1.165, 1.54) is 12.1 Å². The molecule has 8 heteroatoms. The van der Waals surface area contributed by atoms with E-state index >= 15 is 0 Å². The molecule has 1 aromatic carbocycles. The van der Waals surface area contributed by atoms with Crippen LogP contribution in [0.2, 0.25) is 10.0 Å². The van der Waals surface area contributed by atoms with Gasteiger partial charge in [0.15, 0.2) is 0 Å². The highest BCUT2D eigenvalue weighted by molar-refractivity contribution is 6.43. The third-order valence-corrected chi connectivity index (χ3v) is 5.18. The number of halogens is 3. The molecule has 1 unspecified atom stereocenters. The summed E-state index contributed by atoms with van der Waals surface area (Å²) in [6.07, 6.45) is 1.09. The molecule has 0 saturated carbocycles. The SMILES string of the molecule is CC1CN(C(=N)c2ccc(F)cn2)CCN1C(=O)c1cccc(Cl)c1Cl. The first-order chi connectivity index (χ1) is 12.4. The number of hydrogen-bond donors (Lipinski definition) is 1. The molecule has 0 aliphatic carbocycles. The standard InChI is InChI=1S/C18H17Cl2FN4O/c1-11-10-24(17(22)15-6-5-12(21)9-23-15)7-8-25(11)18(26)13-3-2-4-14(19)16(13)20/h2-6,9,11,22H,7-8,10H2,1H3. The van der Waals surface area contributed by atoms with Gasteiger partial charge in [-0.25, -0.2) is 9.37 Å². The highest BCUT2D eigenvalue weighted by Gasteiger charge is 2.30. The number of carbonyl (C=O) groups excluding carboxylic acids is 1. The number of nitrogens with zero attached hydrogens (tertiary/aromatic N) is 3. The monoisotopic (exact) mass is 394 g/mol. The maximum atomic E-state index is 13.0. The van der Waals surface area contributed by atoms with Crippen molar-refractivity contribution in [1.82, 2.24) is 14.8 Å². The quantitative estimate of drug-likeness (QED) is 0.623. The molecule has 2 aromatic rings. The molecule has 1 N–H and O–H groups in total. The van der Waals surface area contributed by atoms with Crippen molar-refractivity contribution in [2.45, 2.75) is 13.0 Å². The van der Waals surface area contributed by atoms with Crippen molar-refractivity contribution < 1.29 is 9.18 Å². The Morgan fingerprint density at radius 3 is 2.69 bits per heavy atom. The summed E-state index contributed by atoms with van der Waals surface area (Å²) >= 11 is 12.2. The summed E-state index contributed by atoms with van der Waals surface area (Å²) in [6, 6.07) is 7.61. The third-order valence-electron chi connectivity index (χ3n) is 4.36. The highest BCUT2D eigenvalue weighted by Crippen LogP contribution is 2.27. The van der Waals surface area contributed by atoms with Crippen molar-refractivity contribution in [3.63, 3.8) is 0 Å². The van der Waals surface area contributed by atoms with Crippen LogP contribution in [0, 0.1) is 11.2 Å². The van der Waals surface area contributed by atoms with Gasteiger partial charge in [-0.15, -0.1) is 0 Å². The molecule has 1 aliphatic heterocycles. The molecule has 1 atom stereocenters. The van der Waals surface area contributed by atoms with Gasteiger partial charge in [-0.05, 0) is 31.2 Å². The van der Waals surface area contributed by atoms with Crippen molar-refractivity contribution in [3.8, 4) is 0 Å². The second-order valence-electron chi connectivity index (χ2n) is 6.11. The van der Waals surface area contributed by atoms with E-state index in [-0.39, 0.29) is 22.8 Å². The molecule has 0 spiro atoms.